The van der Waals surface area contributed by atoms with Crippen molar-refractivity contribution in [3.63, 3.8) is 0 Å². The lowest BCUT2D eigenvalue weighted by molar-refractivity contribution is -0.923. The lowest BCUT2D eigenvalue weighted by Crippen LogP contribution is -3.15. The molecule has 2 unspecified atom stereocenters. The molecule has 0 aliphatic carbocycles. The number of carbonyl (C=O) groups excluding carboxylic acids is 1. The van der Waals surface area contributed by atoms with Crippen LogP contribution in [0, 0.1) is 0 Å². The number of hydrogen-bond acceptors (Lipinski definition) is 3. The second-order valence-electron chi connectivity index (χ2n) is 7.66. The molecule has 2 fully saturated rings. The molecule has 4 heteroatoms. The van der Waals surface area contributed by atoms with Crippen LogP contribution in [0.2, 0.25) is 0 Å². The number of esters is 1. The number of fused-ring (bicyclic) bond motifs is 2. The highest BCUT2D eigenvalue weighted by molar-refractivity contribution is 5.85. The van der Waals surface area contributed by atoms with Gasteiger partial charge in [0, 0.05) is 25.7 Å². The van der Waals surface area contributed by atoms with E-state index < -0.39 is 11.6 Å². The largest absolute Gasteiger partial charge is 0.459 e. The molecular formula is C22H26NO3+. The highest BCUT2D eigenvalue weighted by Gasteiger charge is 2.47. The Labute approximate surface area is 154 Å². The minimum Gasteiger partial charge on any atom is -0.459 e. The van der Waals surface area contributed by atoms with Crippen molar-refractivity contribution >= 4 is 5.97 Å². The van der Waals surface area contributed by atoms with Gasteiger partial charge in [-0.05, 0) is 11.1 Å². The second-order valence-corrected chi connectivity index (χ2v) is 7.66. The van der Waals surface area contributed by atoms with E-state index in [1.165, 1.54) is 12.8 Å². The van der Waals surface area contributed by atoms with Crippen molar-refractivity contribution in [2.45, 2.75) is 49.5 Å². The lowest BCUT2D eigenvalue weighted by Gasteiger charge is -2.35. The minimum atomic E-state index is -1.78. The average Bonchev–Trinajstić information content (AvgIpc) is 2.89. The molecule has 4 nitrogen and oxygen atoms in total. The first-order valence-electron chi connectivity index (χ1n) is 9.47. The maximum atomic E-state index is 13.2. The Morgan fingerprint density at radius 2 is 1.42 bits per heavy atom. The second kappa shape index (κ2) is 6.86. The normalized spacial score (nSPS) is 27.9. The Hall–Kier alpha value is -2.17. The molecule has 0 radical (unpaired) electrons. The van der Waals surface area contributed by atoms with Crippen LogP contribution in [0.15, 0.2) is 60.7 Å². The number of carbonyl (C=O) groups is 1. The maximum Gasteiger partial charge on any atom is 0.347 e. The van der Waals surface area contributed by atoms with Crippen LogP contribution in [0.3, 0.4) is 0 Å². The topological polar surface area (TPSA) is 51.0 Å². The Morgan fingerprint density at radius 1 is 0.962 bits per heavy atom. The van der Waals surface area contributed by atoms with Gasteiger partial charge in [-0.3, -0.25) is 0 Å². The first kappa shape index (κ1) is 17.3. The first-order chi connectivity index (χ1) is 12.6. The van der Waals surface area contributed by atoms with Gasteiger partial charge in [-0.2, -0.15) is 0 Å². The van der Waals surface area contributed by atoms with Crippen molar-refractivity contribution in [1.29, 1.82) is 0 Å². The van der Waals surface area contributed by atoms with Crippen LogP contribution in [0.1, 0.15) is 36.8 Å². The fourth-order valence-electron chi connectivity index (χ4n) is 4.62. The molecule has 2 heterocycles. The van der Waals surface area contributed by atoms with Crippen LogP contribution >= 0.6 is 0 Å². The average molecular weight is 352 g/mol. The van der Waals surface area contributed by atoms with Crippen LogP contribution in [0.25, 0.3) is 0 Å². The monoisotopic (exact) mass is 352 g/mol. The van der Waals surface area contributed by atoms with Crippen molar-refractivity contribution < 1.29 is 19.5 Å². The van der Waals surface area contributed by atoms with Crippen molar-refractivity contribution in [2.75, 3.05) is 7.05 Å². The standard InChI is InChI=1S/C22H25NO3/c1-23-18-12-13-19(23)15-20(14-18)26-21(24)22(25,16-8-4-2-5-9-16)17-10-6-3-7-11-17/h2-11,18-20,25H,12-15H2,1H3/p+1/t18-,19+,20?. The van der Waals surface area contributed by atoms with Gasteiger partial charge in [-0.1, -0.05) is 60.7 Å². The summed E-state index contributed by atoms with van der Waals surface area (Å²) in [5, 5.41) is 11.5. The predicted octanol–water partition coefficient (Wildman–Crippen LogP) is 1.67. The van der Waals surface area contributed by atoms with Gasteiger partial charge in [0.05, 0.1) is 19.1 Å². The molecule has 4 atom stereocenters. The van der Waals surface area contributed by atoms with Crippen LogP contribution in [0.5, 0.6) is 0 Å². The fourth-order valence-corrected chi connectivity index (χ4v) is 4.62. The fraction of sp³-hybridized carbons (Fsp3) is 0.409. The Bertz CT molecular complexity index is 708. The Balaban J connectivity index is 1.61. The number of aliphatic hydroxyl groups is 1. The molecule has 2 aromatic carbocycles. The summed E-state index contributed by atoms with van der Waals surface area (Å²) in [5.41, 5.74) is -0.701. The third-order valence-corrected chi connectivity index (χ3v) is 6.20. The molecule has 4 rings (SSSR count). The maximum absolute atomic E-state index is 13.2. The molecule has 0 saturated carbocycles. The molecule has 26 heavy (non-hydrogen) atoms. The molecule has 2 saturated heterocycles. The third kappa shape index (κ3) is 2.93. The predicted molar refractivity (Wildman–Crippen MR) is 98.7 cm³/mol. The summed E-state index contributed by atoms with van der Waals surface area (Å²) in [5.74, 6) is -0.571. The van der Waals surface area contributed by atoms with E-state index in [1.54, 1.807) is 29.2 Å². The number of benzene rings is 2. The van der Waals surface area contributed by atoms with Crippen molar-refractivity contribution in [1.82, 2.24) is 0 Å². The van der Waals surface area contributed by atoms with E-state index in [2.05, 4.69) is 7.05 Å². The molecule has 2 aromatic rings. The number of rotatable bonds is 4. The van der Waals surface area contributed by atoms with E-state index in [0.29, 0.717) is 23.2 Å². The van der Waals surface area contributed by atoms with E-state index in [1.807, 2.05) is 36.4 Å². The summed E-state index contributed by atoms with van der Waals surface area (Å²) in [6, 6.07) is 19.3. The van der Waals surface area contributed by atoms with E-state index >= 15 is 0 Å². The summed E-state index contributed by atoms with van der Waals surface area (Å²) in [6.45, 7) is 0. The summed E-state index contributed by atoms with van der Waals surface area (Å²) in [4.78, 5) is 14.7. The van der Waals surface area contributed by atoms with Gasteiger partial charge >= 0.3 is 5.97 Å². The smallest absolute Gasteiger partial charge is 0.347 e. The molecule has 0 amide bonds. The minimum absolute atomic E-state index is 0.109. The van der Waals surface area contributed by atoms with Crippen molar-refractivity contribution in [3.8, 4) is 0 Å². The molecule has 0 spiro atoms. The Kier molecular flexibility index (Phi) is 4.55. The Morgan fingerprint density at radius 3 is 1.88 bits per heavy atom. The number of hydrogen-bond donors (Lipinski definition) is 2. The molecule has 2 aliphatic rings. The molecular weight excluding hydrogens is 326 g/mol. The van der Waals surface area contributed by atoms with E-state index in [-0.39, 0.29) is 6.10 Å². The summed E-state index contributed by atoms with van der Waals surface area (Å²) >= 11 is 0. The van der Waals surface area contributed by atoms with Gasteiger partial charge in [0.1, 0.15) is 6.10 Å². The SMILES string of the molecule is C[NH+]1[C@@H]2CC[C@H]1CC(OC(=O)C(O)(c1ccccc1)c1ccccc1)C2. The van der Waals surface area contributed by atoms with Crippen LogP contribution in [0.4, 0.5) is 0 Å². The lowest BCUT2D eigenvalue weighted by atomic mass is 9.86. The van der Waals surface area contributed by atoms with Gasteiger partial charge in [-0.25, -0.2) is 4.79 Å². The molecule has 2 bridgehead atoms. The van der Waals surface area contributed by atoms with Gasteiger partial charge in [-0.15, -0.1) is 0 Å². The quantitative estimate of drug-likeness (QED) is 0.823. The zero-order valence-electron chi connectivity index (χ0n) is 15.1. The van der Waals surface area contributed by atoms with Crippen molar-refractivity contribution in [3.05, 3.63) is 71.8 Å². The van der Waals surface area contributed by atoms with Crippen molar-refractivity contribution in [2.24, 2.45) is 0 Å². The molecule has 2 aliphatic heterocycles. The first-order valence-corrected chi connectivity index (χ1v) is 9.47. The number of ether oxygens (including phenoxy) is 1. The third-order valence-electron chi connectivity index (χ3n) is 6.20. The molecule has 136 valence electrons. The van der Waals surface area contributed by atoms with E-state index in [4.69, 9.17) is 4.74 Å². The zero-order chi connectivity index (χ0) is 18.1. The number of nitrogens with one attached hydrogen (secondary N) is 1. The van der Waals surface area contributed by atoms with E-state index in [0.717, 1.165) is 12.8 Å². The van der Waals surface area contributed by atoms with Gasteiger partial charge in [0.25, 0.3) is 0 Å². The van der Waals surface area contributed by atoms with Gasteiger partial charge in [0.2, 0.25) is 5.60 Å². The molecule has 0 aromatic heterocycles. The van der Waals surface area contributed by atoms with E-state index in [9.17, 15) is 9.90 Å². The zero-order valence-corrected chi connectivity index (χ0v) is 15.1. The number of piperidine rings is 1. The van der Waals surface area contributed by atoms with Crippen LogP contribution < -0.4 is 4.90 Å². The number of quaternary nitrogens is 1. The van der Waals surface area contributed by atoms with Crippen LogP contribution in [-0.2, 0) is 15.1 Å². The summed E-state index contributed by atoms with van der Waals surface area (Å²) < 4.78 is 5.89. The highest BCUT2D eigenvalue weighted by atomic mass is 16.6. The van der Waals surface area contributed by atoms with Crippen LogP contribution in [-0.4, -0.2) is 36.3 Å². The van der Waals surface area contributed by atoms with Gasteiger partial charge in [0.15, 0.2) is 0 Å². The van der Waals surface area contributed by atoms with Gasteiger partial charge < -0.3 is 14.7 Å². The summed E-state index contributed by atoms with van der Waals surface area (Å²) in [6.07, 6.45) is 4.06. The summed E-state index contributed by atoms with van der Waals surface area (Å²) in [7, 11) is 2.24. The highest BCUT2D eigenvalue weighted by Crippen LogP contribution is 2.33. The molecule has 2 N–H and O–H groups in total.